The van der Waals surface area contributed by atoms with E-state index in [1.54, 1.807) is 24.4 Å². The van der Waals surface area contributed by atoms with Gasteiger partial charge in [-0.3, -0.25) is 14.5 Å². The van der Waals surface area contributed by atoms with Crippen molar-refractivity contribution in [3.63, 3.8) is 0 Å². The van der Waals surface area contributed by atoms with E-state index in [2.05, 4.69) is 35.6 Å². The number of esters is 1. The van der Waals surface area contributed by atoms with Gasteiger partial charge in [0.25, 0.3) is 5.91 Å². The molecule has 0 radical (unpaired) electrons. The van der Waals surface area contributed by atoms with Gasteiger partial charge in [0.15, 0.2) is 0 Å². The summed E-state index contributed by atoms with van der Waals surface area (Å²) < 4.78 is 17.0. The van der Waals surface area contributed by atoms with E-state index in [-0.39, 0.29) is 23.2 Å². The molecule has 1 saturated carbocycles. The van der Waals surface area contributed by atoms with Gasteiger partial charge in [0.05, 0.1) is 38.0 Å². The molecule has 1 aliphatic carbocycles. The highest BCUT2D eigenvalue weighted by molar-refractivity contribution is 6.09. The van der Waals surface area contributed by atoms with E-state index < -0.39 is 0 Å². The van der Waals surface area contributed by atoms with Gasteiger partial charge >= 0.3 is 5.97 Å². The molecule has 0 N–H and O–H groups in total. The molecule has 2 fully saturated rings. The zero-order valence-electron chi connectivity index (χ0n) is 27.9. The first-order chi connectivity index (χ1) is 22.1. The number of rotatable bonds is 13. The van der Waals surface area contributed by atoms with Crippen LogP contribution in [0, 0.1) is 17.3 Å². The van der Waals surface area contributed by atoms with Crippen LogP contribution in [0.5, 0.6) is 11.6 Å². The van der Waals surface area contributed by atoms with E-state index >= 15 is 0 Å². The van der Waals surface area contributed by atoms with Gasteiger partial charge in [0.2, 0.25) is 5.88 Å². The molecule has 1 atom stereocenters. The van der Waals surface area contributed by atoms with Crippen LogP contribution >= 0.6 is 0 Å². The average molecular weight is 629 g/mol. The third-order valence-electron chi connectivity index (χ3n) is 8.73. The fourth-order valence-corrected chi connectivity index (χ4v) is 6.20. The first-order valence-corrected chi connectivity index (χ1v) is 16.6. The van der Waals surface area contributed by atoms with E-state index in [0.29, 0.717) is 55.3 Å². The Kier molecular flexibility index (Phi) is 10.8. The van der Waals surface area contributed by atoms with E-state index in [1.807, 2.05) is 55.5 Å². The minimum absolute atomic E-state index is 0.0739. The first kappa shape index (κ1) is 33.2. The number of benzene rings is 1. The van der Waals surface area contributed by atoms with Gasteiger partial charge in [-0.1, -0.05) is 26.8 Å². The van der Waals surface area contributed by atoms with Crippen molar-refractivity contribution in [2.24, 2.45) is 17.3 Å². The number of carbonyl (C=O) groups is 2. The molecule has 5 rings (SSSR count). The number of carbonyl (C=O) groups excluding carboxylic acids is 2. The summed E-state index contributed by atoms with van der Waals surface area (Å²) in [7, 11) is 1.65. The van der Waals surface area contributed by atoms with Crippen LogP contribution in [-0.2, 0) is 9.53 Å². The van der Waals surface area contributed by atoms with Crippen molar-refractivity contribution in [1.82, 2.24) is 9.97 Å². The number of pyridine rings is 2. The van der Waals surface area contributed by atoms with Crippen LogP contribution in [0.1, 0.15) is 81.6 Å². The molecule has 0 bridgehead atoms. The lowest BCUT2D eigenvalue weighted by molar-refractivity contribution is -0.143. The minimum atomic E-state index is -0.148. The van der Waals surface area contributed by atoms with Gasteiger partial charge in [0, 0.05) is 44.2 Å². The fourth-order valence-electron chi connectivity index (χ4n) is 6.20. The Morgan fingerprint density at radius 2 is 1.78 bits per heavy atom. The predicted molar refractivity (Wildman–Crippen MR) is 180 cm³/mol. The average Bonchev–Trinajstić information content (AvgIpc) is 3.91. The van der Waals surface area contributed by atoms with Crippen LogP contribution in [0.2, 0.25) is 0 Å². The Morgan fingerprint density at radius 1 is 1.00 bits per heavy atom. The van der Waals surface area contributed by atoms with Crippen LogP contribution < -0.4 is 19.3 Å². The smallest absolute Gasteiger partial charge is 0.306 e. The number of hydrogen-bond donors (Lipinski definition) is 0. The van der Waals surface area contributed by atoms with Crippen molar-refractivity contribution in [3.05, 3.63) is 72.1 Å². The maximum Gasteiger partial charge on any atom is 0.306 e. The van der Waals surface area contributed by atoms with Gasteiger partial charge in [-0.2, -0.15) is 0 Å². The summed E-state index contributed by atoms with van der Waals surface area (Å²) in [6, 6.07) is 15.3. The van der Waals surface area contributed by atoms with Gasteiger partial charge in [0.1, 0.15) is 11.6 Å². The maximum absolute atomic E-state index is 14.2. The zero-order valence-corrected chi connectivity index (χ0v) is 27.9. The monoisotopic (exact) mass is 628 g/mol. The number of piperidine rings is 1. The van der Waals surface area contributed by atoms with Crippen molar-refractivity contribution >= 4 is 23.4 Å². The van der Waals surface area contributed by atoms with E-state index in [4.69, 9.17) is 14.2 Å². The zero-order chi connectivity index (χ0) is 32.7. The summed E-state index contributed by atoms with van der Waals surface area (Å²) in [6.07, 6.45) is 8.02. The summed E-state index contributed by atoms with van der Waals surface area (Å²) >= 11 is 0. The highest BCUT2D eigenvalue weighted by atomic mass is 16.5. The van der Waals surface area contributed by atoms with Crippen molar-refractivity contribution in [1.29, 1.82) is 0 Å². The molecular weight excluding hydrogens is 580 g/mol. The van der Waals surface area contributed by atoms with Gasteiger partial charge in [-0.05, 0) is 91.7 Å². The number of hydrogen-bond acceptors (Lipinski definition) is 8. The number of anilines is 2. The Morgan fingerprint density at radius 3 is 2.43 bits per heavy atom. The lowest BCUT2D eigenvalue weighted by Crippen LogP contribution is -2.40. The van der Waals surface area contributed by atoms with Gasteiger partial charge in [-0.25, -0.2) is 9.97 Å². The van der Waals surface area contributed by atoms with E-state index in [9.17, 15) is 9.59 Å². The largest absolute Gasteiger partial charge is 0.497 e. The Balaban J connectivity index is 1.25. The molecule has 3 heterocycles. The van der Waals surface area contributed by atoms with Crippen molar-refractivity contribution in [3.8, 4) is 11.6 Å². The summed E-state index contributed by atoms with van der Waals surface area (Å²) in [6.45, 7) is 11.3. The standard InChI is InChI=1S/C37H48N4O5/c1-6-45-35(42)23-31(27-10-11-27)28-14-18-39-34(21-28)46-24-26-15-19-40(20-16-26)32-22-29(44-5)12-13-30(32)36(43)41(25-37(2,3)4)33-9-7-8-17-38-33/h7-9,12-14,17-18,21-22,26-27,31H,6,10-11,15-16,19-20,23-25H2,1-5H3/t31-/m0/s1. The first-order valence-electron chi connectivity index (χ1n) is 16.6. The topological polar surface area (TPSA) is 94.1 Å². The molecule has 1 saturated heterocycles. The Bertz CT molecular complexity index is 1460. The van der Waals surface area contributed by atoms with E-state index in [1.165, 1.54) is 0 Å². The second-order valence-corrected chi connectivity index (χ2v) is 13.6. The third kappa shape index (κ3) is 8.77. The van der Waals surface area contributed by atoms with Crippen molar-refractivity contribution in [2.45, 2.75) is 65.7 Å². The number of aromatic nitrogens is 2. The van der Waals surface area contributed by atoms with Crippen LogP contribution in [-0.4, -0.2) is 61.8 Å². The maximum atomic E-state index is 14.2. The third-order valence-corrected chi connectivity index (χ3v) is 8.73. The molecule has 1 amide bonds. The quantitative estimate of drug-likeness (QED) is 0.188. The number of methoxy groups -OCH3 is 1. The van der Waals surface area contributed by atoms with Crippen molar-refractivity contribution in [2.75, 3.05) is 49.8 Å². The summed E-state index contributed by atoms with van der Waals surface area (Å²) in [5.74, 6) is 2.75. The number of ether oxygens (including phenoxy) is 3. The molecule has 246 valence electrons. The second-order valence-electron chi connectivity index (χ2n) is 13.6. The van der Waals surface area contributed by atoms with E-state index in [0.717, 1.165) is 55.8 Å². The SMILES string of the molecule is CCOC(=O)C[C@H](c1ccnc(OCC2CCN(c3cc(OC)ccc3C(=O)N(CC(C)(C)C)c3ccccn3)CC2)c1)C1CC1. The fraction of sp³-hybridized carbons (Fsp3) is 0.514. The Labute approximate surface area is 273 Å². The number of nitrogens with zero attached hydrogens (tertiary/aromatic N) is 4. The summed E-state index contributed by atoms with van der Waals surface area (Å²) in [4.78, 5) is 39.5. The Hall–Kier alpha value is -4.14. The summed E-state index contributed by atoms with van der Waals surface area (Å²) in [5, 5.41) is 0. The van der Waals surface area contributed by atoms with Crippen LogP contribution in [0.4, 0.5) is 11.5 Å². The lowest BCUT2D eigenvalue weighted by atomic mass is 9.92. The van der Waals surface area contributed by atoms with Gasteiger partial charge < -0.3 is 19.1 Å². The van der Waals surface area contributed by atoms with Crippen molar-refractivity contribution < 1.29 is 23.8 Å². The second kappa shape index (κ2) is 15.0. The number of amides is 1. The molecule has 2 aliphatic rings. The molecule has 2 aromatic heterocycles. The highest BCUT2D eigenvalue weighted by Crippen LogP contribution is 2.45. The predicted octanol–water partition coefficient (Wildman–Crippen LogP) is 6.92. The molecule has 0 unspecified atom stereocenters. The van der Waals surface area contributed by atoms with Gasteiger partial charge in [-0.15, -0.1) is 0 Å². The van der Waals surface area contributed by atoms with Crippen LogP contribution in [0.3, 0.4) is 0 Å². The molecule has 1 aliphatic heterocycles. The molecule has 1 aromatic carbocycles. The van der Waals surface area contributed by atoms with Crippen LogP contribution in [0.25, 0.3) is 0 Å². The summed E-state index contributed by atoms with van der Waals surface area (Å²) in [5.41, 5.74) is 2.49. The molecule has 46 heavy (non-hydrogen) atoms. The molecule has 3 aromatic rings. The minimum Gasteiger partial charge on any atom is -0.497 e. The van der Waals surface area contributed by atoms with Crippen LogP contribution in [0.15, 0.2) is 60.9 Å². The highest BCUT2D eigenvalue weighted by Gasteiger charge is 2.35. The molecule has 0 spiro atoms. The molecular formula is C37H48N4O5. The lowest BCUT2D eigenvalue weighted by Gasteiger charge is -2.36. The molecule has 9 heteroatoms. The molecule has 9 nitrogen and oxygen atoms in total. The normalized spacial score (nSPS) is 16.1.